The summed E-state index contributed by atoms with van der Waals surface area (Å²) in [7, 11) is 0. The summed E-state index contributed by atoms with van der Waals surface area (Å²) in [6.45, 7) is 8.49. The summed E-state index contributed by atoms with van der Waals surface area (Å²) in [6.07, 6.45) is 11.6. The van der Waals surface area contributed by atoms with Crippen LogP contribution in [0.15, 0.2) is 0 Å². The third-order valence-corrected chi connectivity index (χ3v) is 5.47. The van der Waals surface area contributed by atoms with Crippen LogP contribution in [0.25, 0.3) is 0 Å². The first-order chi connectivity index (χ1) is 8.72. The number of hydrogen-bond donors (Lipinski definition) is 1. The zero-order chi connectivity index (χ0) is 13.0. The average molecular weight is 251 g/mol. The van der Waals surface area contributed by atoms with Gasteiger partial charge in [0.1, 0.15) is 0 Å². The fourth-order valence-corrected chi connectivity index (χ4v) is 3.64. The molecule has 2 fully saturated rings. The highest BCUT2D eigenvalue weighted by molar-refractivity contribution is 4.86. The van der Waals surface area contributed by atoms with Crippen molar-refractivity contribution in [2.24, 2.45) is 23.7 Å². The Morgan fingerprint density at radius 2 is 1.83 bits per heavy atom. The molecular formula is C17H33N. The van der Waals surface area contributed by atoms with E-state index in [1.807, 2.05) is 0 Å². The van der Waals surface area contributed by atoms with Crippen molar-refractivity contribution in [2.75, 3.05) is 6.54 Å². The van der Waals surface area contributed by atoms with Gasteiger partial charge >= 0.3 is 0 Å². The van der Waals surface area contributed by atoms with Crippen molar-refractivity contribution < 1.29 is 0 Å². The molecule has 0 saturated heterocycles. The number of nitrogens with one attached hydrogen (secondary N) is 1. The summed E-state index contributed by atoms with van der Waals surface area (Å²) in [5.74, 6) is 3.93. The molecule has 0 bridgehead atoms. The van der Waals surface area contributed by atoms with Gasteiger partial charge in [-0.15, -0.1) is 0 Å². The summed E-state index contributed by atoms with van der Waals surface area (Å²) >= 11 is 0. The fraction of sp³-hybridized carbons (Fsp3) is 1.00. The Labute approximate surface area is 114 Å². The van der Waals surface area contributed by atoms with Crippen molar-refractivity contribution in [3.05, 3.63) is 0 Å². The largest absolute Gasteiger partial charge is 0.314 e. The van der Waals surface area contributed by atoms with Crippen LogP contribution >= 0.6 is 0 Å². The second-order valence-electron chi connectivity index (χ2n) is 7.04. The van der Waals surface area contributed by atoms with Crippen LogP contribution in [0.5, 0.6) is 0 Å². The second-order valence-corrected chi connectivity index (χ2v) is 7.04. The second kappa shape index (κ2) is 6.93. The van der Waals surface area contributed by atoms with Gasteiger partial charge in [0, 0.05) is 6.04 Å². The molecule has 2 aliphatic rings. The standard InChI is InChI=1S/C17H33N/c1-4-13(3)10-16-11-14(5-2)6-7-15(16)12-18-17-8-9-17/h13-18H,4-12H2,1-3H3. The molecule has 2 saturated carbocycles. The van der Waals surface area contributed by atoms with Gasteiger partial charge in [0.05, 0.1) is 0 Å². The molecule has 4 atom stereocenters. The summed E-state index contributed by atoms with van der Waals surface area (Å²) in [6, 6.07) is 0.887. The molecule has 106 valence electrons. The predicted molar refractivity (Wildman–Crippen MR) is 79.7 cm³/mol. The highest BCUT2D eigenvalue weighted by Crippen LogP contribution is 2.39. The van der Waals surface area contributed by atoms with Crippen LogP contribution in [0.2, 0.25) is 0 Å². The molecule has 0 radical (unpaired) electrons. The van der Waals surface area contributed by atoms with E-state index in [2.05, 4.69) is 26.1 Å². The lowest BCUT2D eigenvalue weighted by atomic mass is 9.70. The lowest BCUT2D eigenvalue weighted by Crippen LogP contribution is -2.34. The third-order valence-electron chi connectivity index (χ3n) is 5.47. The van der Waals surface area contributed by atoms with Gasteiger partial charge in [-0.25, -0.2) is 0 Å². The lowest BCUT2D eigenvalue weighted by Gasteiger charge is -2.37. The molecule has 0 aromatic rings. The van der Waals surface area contributed by atoms with E-state index in [9.17, 15) is 0 Å². The third kappa shape index (κ3) is 4.26. The number of rotatable bonds is 7. The van der Waals surface area contributed by atoms with E-state index in [4.69, 9.17) is 0 Å². The molecule has 0 aromatic carbocycles. The minimum atomic E-state index is 0.887. The Kier molecular flexibility index (Phi) is 5.54. The van der Waals surface area contributed by atoms with E-state index < -0.39 is 0 Å². The first kappa shape index (κ1) is 14.4. The van der Waals surface area contributed by atoms with Crippen LogP contribution in [-0.4, -0.2) is 12.6 Å². The van der Waals surface area contributed by atoms with Gasteiger partial charge in [0.2, 0.25) is 0 Å². The molecule has 18 heavy (non-hydrogen) atoms. The Morgan fingerprint density at radius 1 is 1.06 bits per heavy atom. The Bertz CT molecular complexity index is 232. The van der Waals surface area contributed by atoms with Gasteiger partial charge in [0.15, 0.2) is 0 Å². The quantitative estimate of drug-likeness (QED) is 0.696. The highest BCUT2D eigenvalue weighted by Gasteiger charge is 2.31. The summed E-state index contributed by atoms with van der Waals surface area (Å²) in [5, 5.41) is 3.78. The molecule has 0 heterocycles. The highest BCUT2D eigenvalue weighted by atomic mass is 14.9. The van der Waals surface area contributed by atoms with Crippen LogP contribution in [0.3, 0.4) is 0 Å². The minimum Gasteiger partial charge on any atom is -0.314 e. The maximum Gasteiger partial charge on any atom is 0.00683 e. The molecular weight excluding hydrogens is 218 g/mol. The van der Waals surface area contributed by atoms with Gasteiger partial charge in [-0.1, -0.05) is 40.0 Å². The molecule has 0 aromatic heterocycles. The Hall–Kier alpha value is -0.0400. The van der Waals surface area contributed by atoms with Gasteiger partial charge in [-0.3, -0.25) is 0 Å². The smallest absolute Gasteiger partial charge is 0.00683 e. The van der Waals surface area contributed by atoms with E-state index in [0.717, 1.165) is 29.7 Å². The van der Waals surface area contributed by atoms with Crippen LogP contribution < -0.4 is 5.32 Å². The fourth-order valence-electron chi connectivity index (χ4n) is 3.64. The van der Waals surface area contributed by atoms with Gasteiger partial charge < -0.3 is 5.32 Å². The van der Waals surface area contributed by atoms with E-state index in [0.29, 0.717) is 0 Å². The van der Waals surface area contributed by atoms with E-state index >= 15 is 0 Å². The molecule has 0 spiro atoms. The van der Waals surface area contributed by atoms with Crippen molar-refractivity contribution in [3.8, 4) is 0 Å². The van der Waals surface area contributed by atoms with E-state index in [1.165, 1.54) is 57.9 Å². The van der Waals surface area contributed by atoms with Gasteiger partial charge in [0.25, 0.3) is 0 Å². The first-order valence-corrected chi connectivity index (χ1v) is 8.46. The number of hydrogen-bond acceptors (Lipinski definition) is 1. The van der Waals surface area contributed by atoms with Gasteiger partial charge in [-0.2, -0.15) is 0 Å². The normalized spacial score (nSPS) is 34.5. The zero-order valence-electron chi connectivity index (χ0n) is 12.8. The molecule has 2 aliphatic carbocycles. The summed E-state index contributed by atoms with van der Waals surface area (Å²) < 4.78 is 0. The lowest BCUT2D eigenvalue weighted by molar-refractivity contribution is 0.146. The summed E-state index contributed by atoms with van der Waals surface area (Å²) in [5.41, 5.74) is 0. The molecule has 1 nitrogen and oxygen atoms in total. The van der Waals surface area contributed by atoms with Crippen molar-refractivity contribution in [1.29, 1.82) is 0 Å². The Morgan fingerprint density at radius 3 is 2.44 bits per heavy atom. The van der Waals surface area contributed by atoms with Gasteiger partial charge in [-0.05, 0) is 62.3 Å². The van der Waals surface area contributed by atoms with E-state index in [1.54, 1.807) is 0 Å². The molecule has 1 heteroatoms. The van der Waals surface area contributed by atoms with Crippen LogP contribution in [0.4, 0.5) is 0 Å². The van der Waals surface area contributed by atoms with Crippen molar-refractivity contribution in [1.82, 2.24) is 5.32 Å². The maximum atomic E-state index is 3.78. The van der Waals surface area contributed by atoms with Crippen LogP contribution in [0.1, 0.15) is 72.1 Å². The van der Waals surface area contributed by atoms with Crippen molar-refractivity contribution >= 4 is 0 Å². The minimum absolute atomic E-state index is 0.887. The topological polar surface area (TPSA) is 12.0 Å². The maximum absolute atomic E-state index is 3.78. The van der Waals surface area contributed by atoms with Crippen LogP contribution in [0, 0.1) is 23.7 Å². The molecule has 2 rings (SSSR count). The molecule has 0 amide bonds. The van der Waals surface area contributed by atoms with Crippen molar-refractivity contribution in [2.45, 2.75) is 78.2 Å². The monoisotopic (exact) mass is 251 g/mol. The first-order valence-electron chi connectivity index (χ1n) is 8.46. The molecule has 4 unspecified atom stereocenters. The zero-order valence-corrected chi connectivity index (χ0v) is 12.8. The average Bonchev–Trinajstić information content (AvgIpc) is 3.21. The van der Waals surface area contributed by atoms with Crippen molar-refractivity contribution in [3.63, 3.8) is 0 Å². The SMILES string of the molecule is CCC(C)CC1CC(CC)CCC1CNC1CC1. The van der Waals surface area contributed by atoms with E-state index in [-0.39, 0.29) is 0 Å². The van der Waals surface area contributed by atoms with Crippen LogP contribution in [-0.2, 0) is 0 Å². The predicted octanol–water partition coefficient (Wildman–Crippen LogP) is 4.62. The summed E-state index contributed by atoms with van der Waals surface area (Å²) in [4.78, 5) is 0. The Balaban J connectivity index is 1.83. The molecule has 1 N–H and O–H groups in total. The molecule has 0 aliphatic heterocycles.